The molecule has 0 radical (unpaired) electrons. The van der Waals surface area contributed by atoms with Gasteiger partial charge in [0.2, 0.25) is 5.91 Å². The molecule has 1 spiro atoms. The predicted octanol–water partition coefficient (Wildman–Crippen LogP) is 4.41. The van der Waals surface area contributed by atoms with Gasteiger partial charge in [-0.25, -0.2) is 0 Å². The molecule has 2 aliphatic carbocycles. The van der Waals surface area contributed by atoms with Crippen LogP contribution in [0.5, 0.6) is 11.5 Å². The normalized spacial score (nSPS) is 20.3. The molecular formula is C23H26N2O3. The van der Waals surface area contributed by atoms with E-state index in [4.69, 9.17) is 9.47 Å². The molecule has 146 valence electrons. The van der Waals surface area contributed by atoms with E-state index in [1.54, 1.807) is 0 Å². The summed E-state index contributed by atoms with van der Waals surface area (Å²) in [6.45, 7) is 0.286. The van der Waals surface area contributed by atoms with Crippen LogP contribution in [0.25, 0.3) is 0 Å². The second-order valence-corrected chi connectivity index (χ2v) is 8.14. The van der Waals surface area contributed by atoms with E-state index in [1.165, 1.54) is 18.4 Å². The fourth-order valence-electron chi connectivity index (χ4n) is 4.34. The van der Waals surface area contributed by atoms with Crippen LogP contribution in [0.15, 0.2) is 48.5 Å². The highest BCUT2D eigenvalue weighted by Crippen LogP contribution is 2.47. The first-order valence-electron chi connectivity index (χ1n) is 10.3. The summed E-state index contributed by atoms with van der Waals surface area (Å²) < 4.78 is 12.1. The summed E-state index contributed by atoms with van der Waals surface area (Å²) in [6, 6.07) is 16.3. The zero-order valence-corrected chi connectivity index (χ0v) is 15.9. The van der Waals surface area contributed by atoms with E-state index in [1.807, 2.05) is 24.3 Å². The van der Waals surface area contributed by atoms with Crippen LogP contribution in [0.1, 0.15) is 50.1 Å². The summed E-state index contributed by atoms with van der Waals surface area (Å²) in [5.74, 6) is 1.61. The first kappa shape index (κ1) is 17.6. The Bertz CT molecular complexity index is 857. The van der Waals surface area contributed by atoms with E-state index in [0.717, 1.165) is 42.9 Å². The molecule has 2 aromatic carbocycles. The number of benzene rings is 2. The monoisotopic (exact) mass is 378 g/mol. The average Bonchev–Trinajstić information content (AvgIpc) is 3.33. The number of hydrogen-bond donors (Lipinski definition) is 2. The highest BCUT2D eigenvalue weighted by molar-refractivity contribution is 5.92. The number of fused-ring (bicyclic) bond motifs is 1. The van der Waals surface area contributed by atoms with Gasteiger partial charge in [0.25, 0.3) is 5.79 Å². The summed E-state index contributed by atoms with van der Waals surface area (Å²) in [5.41, 5.74) is 2.00. The molecule has 1 atom stereocenters. The number of carbonyl (C=O) groups excluding carboxylic acids is 1. The van der Waals surface area contributed by atoms with Crippen molar-refractivity contribution in [2.24, 2.45) is 5.92 Å². The van der Waals surface area contributed by atoms with Gasteiger partial charge in [-0.1, -0.05) is 30.3 Å². The number of ether oxygens (including phenoxy) is 2. The molecule has 1 amide bonds. The fraction of sp³-hybridized carbons (Fsp3) is 0.435. The Morgan fingerprint density at radius 1 is 1.04 bits per heavy atom. The number of rotatable bonds is 6. The van der Waals surface area contributed by atoms with E-state index < -0.39 is 5.79 Å². The summed E-state index contributed by atoms with van der Waals surface area (Å²) in [7, 11) is 0. The molecule has 5 rings (SSSR count). The smallest absolute Gasteiger partial charge is 0.251 e. The lowest BCUT2D eigenvalue weighted by molar-refractivity contribution is -0.115. The quantitative estimate of drug-likeness (QED) is 0.782. The maximum Gasteiger partial charge on any atom is 0.251 e. The van der Waals surface area contributed by atoms with Crippen molar-refractivity contribution in [3.8, 4) is 11.5 Å². The van der Waals surface area contributed by atoms with E-state index in [2.05, 4.69) is 34.9 Å². The number of carbonyl (C=O) groups is 1. The van der Waals surface area contributed by atoms with Gasteiger partial charge in [0.1, 0.15) is 0 Å². The Balaban J connectivity index is 1.20. The van der Waals surface area contributed by atoms with Crippen molar-refractivity contribution in [2.75, 3.05) is 11.9 Å². The molecule has 5 nitrogen and oxygen atoms in total. The van der Waals surface area contributed by atoms with Crippen LogP contribution in [0.4, 0.5) is 5.69 Å². The molecule has 1 aliphatic heterocycles. The Morgan fingerprint density at radius 3 is 2.54 bits per heavy atom. The van der Waals surface area contributed by atoms with Crippen LogP contribution >= 0.6 is 0 Å². The van der Waals surface area contributed by atoms with Crippen LogP contribution in [0.2, 0.25) is 0 Å². The molecule has 2 fully saturated rings. The summed E-state index contributed by atoms with van der Waals surface area (Å²) in [4.78, 5) is 12.5. The maximum absolute atomic E-state index is 12.5. The SMILES string of the molecule is O=C(CNC(c1ccccc1)C1CC1)Nc1ccc2c(c1)OC1(CCCC1)O2. The van der Waals surface area contributed by atoms with Gasteiger partial charge in [-0.2, -0.15) is 0 Å². The number of hydrogen-bond acceptors (Lipinski definition) is 4. The van der Waals surface area contributed by atoms with Crippen molar-refractivity contribution in [1.29, 1.82) is 0 Å². The minimum absolute atomic E-state index is 0.0453. The van der Waals surface area contributed by atoms with Gasteiger partial charge < -0.3 is 20.1 Å². The second-order valence-electron chi connectivity index (χ2n) is 8.14. The van der Waals surface area contributed by atoms with Crippen molar-refractivity contribution in [1.82, 2.24) is 5.32 Å². The van der Waals surface area contributed by atoms with Crippen LogP contribution in [-0.4, -0.2) is 18.2 Å². The van der Waals surface area contributed by atoms with Crippen molar-refractivity contribution in [3.05, 3.63) is 54.1 Å². The van der Waals surface area contributed by atoms with E-state index in [0.29, 0.717) is 5.92 Å². The zero-order chi connectivity index (χ0) is 19.0. The van der Waals surface area contributed by atoms with Crippen LogP contribution in [0.3, 0.4) is 0 Å². The average molecular weight is 378 g/mol. The number of nitrogens with one attached hydrogen (secondary N) is 2. The molecule has 1 unspecified atom stereocenters. The molecule has 5 heteroatoms. The van der Waals surface area contributed by atoms with E-state index >= 15 is 0 Å². The third-order valence-corrected chi connectivity index (χ3v) is 5.92. The van der Waals surface area contributed by atoms with Gasteiger partial charge in [-0.05, 0) is 49.3 Å². The van der Waals surface area contributed by atoms with Crippen molar-refractivity contribution < 1.29 is 14.3 Å². The second kappa shape index (κ2) is 7.13. The van der Waals surface area contributed by atoms with Crippen LogP contribution in [0, 0.1) is 5.92 Å². The van der Waals surface area contributed by atoms with Gasteiger partial charge in [-0.3, -0.25) is 4.79 Å². The topological polar surface area (TPSA) is 59.6 Å². The van der Waals surface area contributed by atoms with E-state index in [-0.39, 0.29) is 18.5 Å². The summed E-state index contributed by atoms with van der Waals surface area (Å²) >= 11 is 0. The van der Waals surface area contributed by atoms with Crippen molar-refractivity contribution >= 4 is 11.6 Å². The molecule has 3 aliphatic rings. The highest BCUT2D eigenvalue weighted by atomic mass is 16.7. The molecule has 2 N–H and O–H groups in total. The first-order chi connectivity index (χ1) is 13.7. The fourth-order valence-corrected chi connectivity index (χ4v) is 4.34. The Morgan fingerprint density at radius 2 is 1.79 bits per heavy atom. The summed E-state index contributed by atoms with van der Waals surface area (Å²) in [5, 5.41) is 6.42. The van der Waals surface area contributed by atoms with E-state index in [9.17, 15) is 4.79 Å². The minimum atomic E-state index is -0.473. The van der Waals surface area contributed by atoms with Crippen LogP contribution in [-0.2, 0) is 4.79 Å². The van der Waals surface area contributed by atoms with Gasteiger partial charge in [0.15, 0.2) is 11.5 Å². The molecule has 2 saturated carbocycles. The molecule has 2 aromatic rings. The number of amides is 1. The third-order valence-electron chi connectivity index (χ3n) is 5.92. The maximum atomic E-state index is 12.5. The third kappa shape index (κ3) is 3.59. The Hall–Kier alpha value is -2.53. The first-order valence-corrected chi connectivity index (χ1v) is 10.3. The lowest BCUT2D eigenvalue weighted by Crippen LogP contribution is -2.34. The zero-order valence-electron chi connectivity index (χ0n) is 15.9. The molecule has 28 heavy (non-hydrogen) atoms. The van der Waals surface area contributed by atoms with Crippen LogP contribution < -0.4 is 20.1 Å². The molecule has 0 bridgehead atoms. The van der Waals surface area contributed by atoms with Crippen molar-refractivity contribution in [2.45, 2.75) is 50.4 Å². The van der Waals surface area contributed by atoms with Crippen molar-refractivity contribution in [3.63, 3.8) is 0 Å². The molecule has 0 aromatic heterocycles. The largest absolute Gasteiger partial charge is 0.448 e. The van der Waals surface area contributed by atoms with Gasteiger partial charge in [0, 0.05) is 30.6 Å². The molecule has 1 heterocycles. The lowest BCUT2D eigenvalue weighted by atomic mass is 10.0. The van der Waals surface area contributed by atoms with Gasteiger partial charge >= 0.3 is 0 Å². The minimum Gasteiger partial charge on any atom is -0.448 e. The highest BCUT2D eigenvalue weighted by Gasteiger charge is 2.44. The predicted molar refractivity (Wildman–Crippen MR) is 107 cm³/mol. The Labute approximate surface area is 165 Å². The summed E-state index contributed by atoms with van der Waals surface area (Å²) in [6.07, 6.45) is 6.56. The number of anilines is 1. The standard InChI is InChI=1S/C23H26N2O3/c26-21(15-24-22(17-8-9-17)16-6-2-1-3-7-16)25-18-10-11-19-20(14-18)28-23(27-19)12-4-5-13-23/h1-3,6-7,10-11,14,17,22,24H,4-5,8-9,12-13,15H2,(H,25,26). The van der Waals surface area contributed by atoms with Gasteiger partial charge in [-0.15, -0.1) is 0 Å². The lowest BCUT2D eigenvalue weighted by Gasteiger charge is -2.21. The molecule has 0 saturated heterocycles. The molecular weight excluding hydrogens is 352 g/mol. The van der Waals surface area contributed by atoms with Gasteiger partial charge in [0.05, 0.1) is 6.54 Å². The Kier molecular flexibility index (Phi) is 4.47.